The fourth-order valence-electron chi connectivity index (χ4n) is 1.14. The largest absolute Gasteiger partial charge is 0.573 e. The van der Waals surface area contributed by atoms with Crippen LogP contribution in [0.5, 0.6) is 5.75 Å². The lowest BCUT2D eigenvalue weighted by molar-refractivity contribution is -0.274. The summed E-state index contributed by atoms with van der Waals surface area (Å²) in [6.07, 6.45) is -4.90. The van der Waals surface area contributed by atoms with Crippen LogP contribution in [0.1, 0.15) is 5.56 Å². The molecule has 0 atom stereocenters. The zero-order valence-corrected chi connectivity index (χ0v) is 8.47. The van der Waals surface area contributed by atoms with Crippen molar-refractivity contribution in [1.29, 1.82) is 0 Å². The Balaban J connectivity index is 2.87. The van der Waals surface area contributed by atoms with Crippen molar-refractivity contribution in [2.24, 2.45) is 0 Å². The molecule has 0 bridgehead atoms. The SMILES string of the molecule is CNC(=O)Cc1ccccc1OC(F)(F)F. The van der Waals surface area contributed by atoms with Gasteiger partial charge in [-0.2, -0.15) is 0 Å². The van der Waals surface area contributed by atoms with Crippen LogP contribution >= 0.6 is 0 Å². The summed E-state index contributed by atoms with van der Waals surface area (Å²) < 4.78 is 39.9. The lowest BCUT2D eigenvalue weighted by atomic mass is 10.1. The molecule has 0 unspecified atom stereocenters. The van der Waals surface area contributed by atoms with Gasteiger partial charge in [-0.3, -0.25) is 4.79 Å². The van der Waals surface area contributed by atoms with E-state index >= 15 is 0 Å². The molecule has 1 amide bonds. The van der Waals surface area contributed by atoms with Gasteiger partial charge in [-0.05, 0) is 6.07 Å². The first-order valence-corrected chi connectivity index (χ1v) is 4.46. The number of ether oxygens (including phenoxy) is 1. The molecule has 0 spiro atoms. The van der Waals surface area contributed by atoms with E-state index in [1.165, 1.54) is 25.2 Å². The Morgan fingerprint density at radius 2 is 2.00 bits per heavy atom. The van der Waals surface area contributed by atoms with Gasteiger partial charge >= 0.3 is 6.36 Å². The second-order valence-electron chi connectivity index (χ2n) is 3.01. The van der Waals surface area contributed by atoms with E-state index in [0.29, 0.717) is 0 Å². The molecule has 1 aromatic rings. The van der Waals surface area contributed by atoms with Crippen molar-refractivity contribution in [3.63, 3.8) is 0 Å². The van der Waals surface area contributed by atoms with Gasteiger partial charge < -0.3 is 10.1 Å². The molecule has 0 aliphatic heterocycles. The third-order valence-corrected chi connectivity index (χ3v) is 1.83. The Bertz CT molecular complexity index is 377. The van der Waals surface area contributed by atoms with E-state index in [0.717, 1.165) is 0 Å². The van der Waals surface area contributed by atoms with Gasteiger partial charge in [0.05, 0.1) is 6.42 Å². The van der Waals surface area contributed by atoms with E-state index in [1.807, 2.05) is 0 Å². The molecule has 0 radical (unpaired) electrons. The van der Waals surface area contributed by atoms with Crippen LogP contribution in [0.15, 0.2) is 24.3 Å². The third-order valence-electron chi connectivity index (χ3n) is 1.83. The fourth-order valence-corrected chi connectivity index (χ4v) is 1.14. The highest BCUT2D eigenvalue weighted by Crippen LogP contribution is 2.26. The lowest BCUT2D eigenvalue weighted by Crippen LogP contribution is -2.22. The second-order valence-corrected chi connectivity index (χ2v) is 3.01. The number of hydrogen-bond donors (Lipinski definition) is 1. The molecule has 0 aliphatic rings. The normalized spacial score (nSPS) is 11.0. The minimum Gasteiger partial charge on any atom is -0.405 e. The highest BCUT2D eigenvalue weighted by Gasteiger charge is 2.32. The summed E-state index contributed by atoms with van der Waals surface area (Å²) in [5, 5.41) is 2.33. The number of rotatable bonds is 3. The number of carbonyl (C=O) groups excluding carboxylic acids is 1. The Morgan fingerprint density at radius 1 is 1.38 bits per heavy atom. The van der Waals surface area contributed by atoms with Crippen LogP contribution in [0.2, 0.25) is 0 Å². The Morgan fingerprint density at radius 3 is 2.56 bits per heavy atom. The van der Waals surface area contributed by atoms with Crippen molar-refractivity contribution in [3.05, 3.63) is 29.8 Å². The average molecular weight is 233 g/mol. The van der Waals surface area contributed by atoms with Crippen LogP contribution < -0.4 is 10.1 Å². The number of halogens is 3. The maximum Gasteiger partial charge on any atom is 0.573 e. The molecule has 1 N–H and O–H groups in total. The van der Waals surface area contributed by atoms with Gasteiger partial charge in [0.15, 0.2) is 0 Å². The van der Waals surface area contributed by atoms with Crippen LogP contribution in [-0.2, 0) is 11.2 Å². The minimum atomic E-state index is -4.75. The van der Waals surface area contributed by atoms with Crippen molar-refractivity contribution in [1.82, 2.24) is 5.32 Å². The summed E-state index contributed by atoms with van der Waals surface area (Å²) in [5.41, 5.74) is 0.194. The van der Waals surface area contributed by atoms with Crippen molar-refractivity contribution in [2.45, 2.75) is 12.8 Å². The predicted octanol–water partition coefficient (Wildman–Crippen LogP) is 1.87. The topological polar surface area (TPSA) is 38.3 Å². The molecule has 16 heavy (non-hydrogen) atoms. The van der Waals surface area contributed by atoms with Crippen LogP contribution in [0, 0.1) is 0 Å². The highest BCUT2D eigenvalue weighted by molar-refractivity contribution is 5.78. The molecule has 88 valence electrons. The van der Waals surface area contributed by atoms with Gasteiger partial charge in [0.1, 0.15) is 5.75 Å². The summed E-state index contributed by atoms with van der Waals surface area (Å²) in [5.74, 6) is -0.725. The predicted molar refractivity (Wildman–Crippen MR) is 50.9 cm³/mol. The van der Waals surface area contributed by atoms with Gasteiger partial charge in [-0.1, -0.05) is 18.2 Å². The van der Waals surface area contributed by atoms with Gasteiger partial charge in [0, 0.05) is 12.6 Å². The fraction of sp³-hybridized carbons (Fsp3) is 0.300. The Hall–Kier alpha value is -1.72. The van der Waals surface area contributed by atoms with Crippen LogP contribution in [0.25, 0.3) is 0 Å². The van der Waals surface area contributed by atoms with E-state index in [4.69, 9.17) is 0 Å². The third kappa shape index (κ3) is 3.80. The van der Waals surface area contributed by atoms with Crippen LogP contribution in [0.4, 0.5) is 13.2 Å². The molecule has 1 aromatic carbocycles. The number of carbonyl (C=O) groups is 1. The number of nitrogens with one attached hydrogen (secondary N) is 1. The minimum absolute atomic E-state index is 0.150. The van der Waals surface area contributed by atoms with Crippen molar-refractivity contribution < 1.29 is 22.7 Å². The van der Waals surface area contributed by atoms with Gasteiger partial charge in [0.25, 0.3) is 0 Å². The summed E-state index contributed by atoms with van der Waals surface area (Å²) in [6, 6.07) is 5.54. The summed E-state index contributed by atoms with van der Waals surface area (Å²) in [6.45, 7) is 0. The maximum atomic E-state index is 12.0. The summed E-state index contributed by atoms with van der Waals surface area (Å²) in [4.78, 5) is 11.1. The molecule has 0 aromatic heterocycles. The average Bonchev–Trinajstić information content (AvgIpc) is 2.18. The highest BCUT2D eigenvalue weighted by atomic mass is 19.4. The van der Waals surface area contributed by atoms with E-state index in [2.05, 4.69) is 10.1 Å². The molecule has 6 heteroatoms. The van der Waals surface area contributed by atoms with Crippen molar-refractivity contribution in [2.75, 3.05) is 7.05 Å². The number of likely N-dealkylation sites (N-methyl/N-ethyl adjacent to an activating group) is 1. The van der Waals surface area contributed by atoms with Crippen molar-refractivity contribution in [3.8, 4) is 5.75 Å². The summed E-state index contributed by atoms with van der Waals surface area (Å²) >= 11 is 0. The zero-order chi connectivity index (χ0) is 12.2. The quantitative estimate of drug-likeness (QED) is 0.865. The smallest absolute Gasteiger partial charge is 0.405 e. The number of hydrogen-bond acceptors (Lipinski definition) is 2. The lowest BCUT2D eigenvalue weighted by Gasteiger charge is -2.12. The number of amides is 1. The van der Waals surface area contributed by atoms with Crippen molar-refractivity contribution >= 4 is 5.91 Å². The molecule has 0 saturated heterocycles. The Kier molecular flexibility index (Phi) is 3.76. The maximum absolute atomic E-state index is 12.0. The standard InChI is InChI=1S/C10H10F3NO2/c1-14-9(15)6-7-4-2-3-5-8(7)16-10(11,12)13/h2-5H,6H2,1H3,(H,14,15). The number of benzene rings is 1. The van der Waals surface area contributed by atoms with E-state index in [1.54, 1.807) is 6.07 Å². The van der Waals surface area contributed by atoms with E-state index in [9.17, 15) is 18.0 Å². The van der Waals surface area contributed by atoms with Crippen LogP contribution in [-0.4, -0.2) is 19.3 Å². The monoisotopic (exact) mass is 233 g/mol. The second kappa shape index (κ2) is 4.87. The van der Waals surface area contributed by atoms with Gasteiger partial charge in [0.2, 0.25) is 5.91 Å². The van der Waals surface area contributed by atoms with Gasteiger partial charge in [-0.25, -0.2) is 0 Å². The Labute approximate surface area is 90.2 Å². The van der Waals surface area contributed by atoms with Gasteiger partial charge in [-0.15, -0.1) is 13.2 Å². The van der Waals surface area contributed by atoms with Crippen LogP contribution in [0.3, 0.4) is 0 Å². The molecule has 3 nitrogen and oxygen atoms in total. The first-order chi connectivity index (χ1) is 7.42. The number of alkyl halides is 3. The zero-order valence-electron chi connectivity index (χ0n) is 8.47. The molecule has 0 saturated carbocycles. The summed E-state index contributed by atoms with van der Waals surface area (Å²) in [7, 11) is 1.41. The van der Waals surface area contributed by atoms with E-state index < -0.39 is 6.36 Å². The first kappa shape index (κ1) is 12.4. The molecular weight excluding hydrogens is 223 g/mol. The molecule has 1 rings (SSSR count). The molecular formula is C10H10F3NO2. The molecule has 0 aliphatic carbocycles. The number of para-hydroxylation sites is 1. The molecule has 0 fully saturated rings. The van der Waals surface area contributed by atoms with E-state index in [-0.39, 0.29) is 23.6 Å². The first-order valence-electron chi connectivity index (χ1n) is 4.46. The molecule has 0 heterocycles.